The van der Waals surface area contributed by atoms with Crippen molar-refractivity contribution in [2.75, 3.05) is 18.0 Å². The van der Waals surface area contributed by atoms with Crippen molar-refractivity contribution < 1.29 is 4.79 Å². The number of hydrogen-bond acceptors (Lipinski definition) is 12. The third kappa shape index (κ3) is 7.09. The molecule has 0 bridgehead atoms. The SMILES string of the molecule is CC(=O)Cc1nsc(/N=N/c2ccc(/N=N/c3ccc(/N=N/c4ccc(N5CCCC5)s4)cc3C)cc2C)n1. The molecule has 0 unspecified atom stereocenters. The van der Waals surface area contributed by atoms with Gasteiger partial charge < -0.3 is 4.90 Å². The van der Waals surface area contributed by atoms with Crippen LogP contribution in [0, 0.1) is 13.8 Å². The van der Waals surface area contributed by atoms with E-state index >= 15 is 0 Å². The van der Waals surface area contributed by atoms with E-state index in [1.165, 1.54) is 24.8 Å². The van der Waals surface area contributed by atoms with Crippen LogP contribution in [-0.4, -0.2) is 28.2 Å². The highest BCUT2D eigenvalue weighted by Crippen LogP contribution is 2.35. The van der Waals surface area contributed by atoms with E-state index in [0.717, 1.165) is 52.1 Å². The molecule has 0 aliphatic carbocycles. The summed E-state index contributed by atoms with van der Waals surface area (Å²) in [6.45, 7) is 7.66. The average molecular weight is 558 g/mol. The van der Waals surface area contributed by atoms with Crippen LogP contribution < -0.4 is 4.90 Å². The summed E-state index contributed by atoms with van der Waals surface area (Å²) in [6, 6.07) is 15.5. The molecule has 198 valence electrons. The van der Waals surface area contributed by atoms with Crippen LogP contribution in [0.4, 0.5) is 37.9 Å². The van der Waals surface area contributed by atoms with Crippen molar-refractivity contribution in [2.24, 2.45) is 30.7 Å². The molecule has 1 aliphatic heterocycles. The molecule has 12 heteroatoms. The number of ketones is 1. The summed E-state index contributed by atoms with van der Waals surface area (Å²) >= 11 is 2.79. The monoisotopic (exact) mass is 557 g/mol. The highest BCUT2D eigenvalue weighted by atomic mass is 32.1. The quantitative estimate of drug-likeness (QED) is 0.190. The number of carbonyl (C=O) groups is 1. The Labute approximate surface area is 234 Å². The van der Waals surface area contributed by atoms with Crippen LogP contribution in [0.3, 0.4) is 0 Å². The second kappa shape index (κ2) is 12.2. The molecule has 39 heavy (non-hydrogen) atoms. The van der Waals surface area contributed by atoms with Crippen LogP contribution in [0.25, 0.3) is 0 Å². The van der Waals surface area contributed by atoms with Gasteiger partial charge in [0.15, 0.2) is 5.82 Å². The van der Waals surface area contributed by atoms with Crippen molar-refractivity contribution in [3.8, 4) is 0 Å². The van der Waals surface area contributed by atoms with Gasteiger partial charge in [-0.3, -0.25) is 4.79 Å². The number of thiophene rings is 1. The molecule has 1 saturated heterocycles. The molecule has 2 aromatic heterocycles. The maximum atomic E-state index is 11.2. The minimum Gasteiger partial charge on any atom is -0.363 e. The van der Waals surface area contributed by atoms with E-state index in [1.54, 1.807) is 11.3 Å². The lowest BCUT2D eigenvalue weighted by atomic mass is 10.2. The number of azo groups is 3. The van der Waals surface area contributed by atoms with Crippen molar-refractivity contribution in [1.82, 2.24) is 9.36 Å². The number of Topliss-reactive ketones (excluding diaryl/α,β-unsaturated/α-hetero) is 1. The van der Waals surface area contributed by atoms with E-state index < -0.39 is 0 Å². The Morgan fingerprint density at radius 3 is 2.13 bits per heavy atom. The molecule has 5 rings (SSSR count). The third-order valence-electron chi connectivity index (χ3n) is 6.00. The normalized spacial score (nSPS) is 14.0. The molecular formula is C27H27N9OS2. The zero-order valence-electron chi connectivity index (χ0n) is 21.9. The number of benzene rings is 2. The number of rotatable bonds is 9. The van der Waals surface area contributed by atoms with Crippen LogP contribution in [0.2, 0.25) is 0 Å². The second-order valence-corrected chi connectivity index (χ2v) is 11.0. The molecule has 3 heterocycles. The number of carbonyl (C=O) groups excluding carboxylic acids is 1. The van der Waals surface area contributed by atoms with Gasteiger partial charge in [0.1, 0.15) is 10.8 Å². The van der Waals surface area contributed by atoms with Crippen LogP contribution in [0.1, 0.15) is 36.7 Å². The lowest BCUT2D eigenvalue weighted by Gasteiger charge is -2.13. The molecule has 0 atom stereocenters. The Hall–Kier alpha value is -4.03. The van der Waals surface area contributed by atoms with Gasteiger partial charge in [0, 0.05) is 24.6 Å². The largest absolute Gasteiger partial charge is 0.363 e. The van der Waals surface area contributed by atoms with E-state index in [9.17, 15) is 4.79 Å². The average Bonchev–Trinajstić information content (AvgIpc) is 3.68. The van der Waals surface area contributed by atoms with E-state index in [-0.39, 0.29) is 12.2 Å². The first-order valence-electron chi connectivity index (χ1n) is 12.6. The summed E-state index contributed by atoms with van der Waals surface area (Å²) < 4.78 is 4.13. The first-order valence-corrected chi connectivity index (χ1v) is 14.2. The molecule has 1 fully saturated rings. The Bertz CT molecular complexity index is 1560. The summed E-state index contributed by atoms with van der Waals surface area (Å²) in [7, 11) is 0. The third-order valence-corrected chi connectivity index (χ3v) is 7.67. The summed E-state index contributed by atoms with van der Waals surface area (Å²) in [6.07, 6.45) is 2.71. The van der Waals surface area contributed by atoms with Gasteiger partial charge in [-0.15, -0.1) is 20.5 Å². The zero-order chi connectivity index (χ0) is 27.2. The predicted octanol–water partition coefficient (Wildman–Crippen LogP) is 9.19. The van der Waals surface area contributed by atoms with Crippen LogP contribution in [0.5, 0.6) is 0 Å². The van der Waals surface area contributed by atoms with Gasteiger partial charge in [-0.25, -0.2) is 0 Å². The highest BCUT2D eigenvalue weighted by molar-refractivity contribution is 7.19. The fraction of sp³-hybridized carbons (Fsp3) is 0.296. The van der Waals surface area contributed by atoms with E-state index in [1.807, 2.05) is 56.3 Å². The highest BCUT2D eigenvalue weighted by Gasteiger charge is 2.14. The summed E-state index contributed by atoms with van der Waals surface area (Å²) in [5, 5.41) is 28.6. The molecule has 0 radical (unpaired) electrons. The second-order valence-electron chi connectivity index (χ2n) is 9.22. The Kier molecular flexibility index (Phi) is 8.33. The summed E-state index contributed by atoms with van der Waals surface area (Å²) in [4.78, 5) is 17.8. The van der Waals surface area contributed by atoms with Crippen molar-refractivity contribution in [2.45, 2.75) is 40.0 Å². The van der Waals surface area contributed by atoms with E-state index in [0.29, 0.717) is 22.3 Å². The lowest BCUT2D eigenvalue weighted by molar-refractivity contribution is -0.116. The molecule has 2 aromatic carbocycles. The Balaban J connectivity index is 1.21. The van der Waals surface area contributed by atoms with E-state index in [2.05, 4.69) is 51.0 Å². The number of hydrogen-bond donors (Lipinski definition) is 0. The lowest BCUT2D eigenvalue weighted by Crippen LogP contribution is -2.15. The van der Waals surface area contributed by atoms with Crippen molar-refractivity contribution >= 4 is 66.5 Å². The molecule has 0 amide bonds. The number of anilines is 1. The smallest absolute Gasteiger partial charge is 0.249 e. The van der Waals surface area contributed by atoms with E-state index in [4.69, 9.17) is 0 Å². The van der Waals surface area contributed by atoms with Gasteiger partial charge >= 0.3 is 0 Å². The molecule has 1 aliphatic rings. The molecular weight excluding hydrogens is 530 g/mol. The number of nitrogens with zero attached hydrogens (tertiary/aromatic N) is 9. The van der Waals surface area contributed by atoms with Crippen LogP contribution >= 0.6 is 22.9 Å². The minimum absolute atomic E-state index is 0.00828. The zero-order valence-corrected chi connectivity index (χ0v) is 23.5. The fourth-order valence-electron chi connectivity index (χ4n) is 4.00. The molecule has 10 nitrogen and oxygen atoms in total. The first kappa shape index (κ1) is 26.6. The molecule has 0 N–H and O–H groups in total. The first-order chi connectivity index (χ1) is 18.9. The van der Waals surface area contributed by atoms with Gasteiger partial charge in [0.2, 0.25) is 5.13 Å². The minimum atomic E-state index is 0.00828. The van der Waals surface area contributed by atoms with Crippen molar-refractivity contribution in [3.63, 3.8) is 0 Å². The van der Waals surface area contributed by atoms with Gasteiger partial charge in [-0.05, 0) is 93.3 Å². The fourth-order valence-corrected chi connectivity index (χ4v) is 5.40. The van der Waals surface area contributed by atoms with Gasteiger partial charge in [0.25, 0.3) is 0 Å². The van der Waals surface area contributed by atoms with Gasteiger partial charge in [-0.1, -0.05) is 11.3 Å². The number of aromatic nitrogens is 2. The summed E-state index contributed by atoms with van der Waals surface area (Å²) in [5.41, 5.74) is 4.81. The van der Waals surface area contributed by atoms with Crippen LogP contribution in [-0.2, 0) is 11.2 Å². The molecule has 4 aromatic rings. The molecule has 0 spiro atoms. The van der Waals surface area contributed by atoms with Gasteiger partial charge in [-0.2, -0.15) is 19.6 Å². The van der Waals surface area contributed by atoms with Crippen LogP contribution in [0.15, 0.2) is 79.2 Å². The number of aryl methyl sites for hydroxylation is 2. The summed E-state index contributed by atoms with van der Waals surface area (Å²) in [5.74, 6) is 0.475. The maximum Gasteiger partial charge on any atom is 0.249 e. The van der Waals surface area contributed by atoms with Crippen molar-refractivity contribution in [1.29, 1.82) is 0 Å². The Morgan fingerprint density at radius 2 is 1.49 bits per heavy atom. The van der Waals surface area contributed by atoms with Gasteiger partial charge in [0.05, 0.1) is 34.2 Å². The predicted molar refractivity (Wildman–Crippen MR) is 155 cm³/mol. The topological polar surface area (TPSA) is 120 Å². The maximum absolute atomic E-state index is 11.2. The standard InChI is InChI=1S/C27H27N9OS2/c1-17-15-21(30-33-25-10-11-26(38-25)36-12-4-5-13-36)7-8-22(17)31-29-20-6-9-23(18(2)14-20)32-34-27-28-24(35-39-27)16-19(3)37/h6-11,14-15H,4-5,12-13,16H2,1-3H3/b31-29+,33-30+,34-32+. The Morgan fingerprint density at radius 1 is 0.846 bits per heavy atom. The molecule has 0 saturated carbocycles. The van der Waals surface area contributed by atoms with Crippen molar-refractivity contribution in [3.05, 3.63) is 65.5 Å².